The minimum Gasteiger partial charge on any atom is -0.493 e. The van der Waals surface area contributed by atoms with Gasteiger partial charge in [-0.3, -0.25) is 10.1 Å². The topological polar surface area (TPSA) is 86.8 Å². The van der Waals surface area contributed by atoms with Crippen LogP contribution >= 0.6 is 11.3 Å². The van der Waals surface area contributed by atoms with Crippen LogP contribution in [0.15, 0.2) is 47.8 Å². The Bertz CT molecular complexity index is 1020. The lowest BCUT2D eigenvalue weighted by Gasteiger charge is -2.08. The van der Waals surface area contributed by atoms with Gasteiger partial charge in [-0.2, -0.15) is 0 Å². The Morgan fingerprint density at radius 3 is 2.43 bits per heavy atom. The Morgan fingerprint density at radius 2 is 1.71 bits per heavy atom. The van der Waals surface area contributed by atoms with Crippen molar-refractivity contribution in [2.75, 3.05) is 26.6 Å². The number of methoxy groups -OCH3 is 3. The number of hydrogen-bond acceptors (Lipinski definition) is 7. The summed E-state index contributed by atoms with van der Waals surface area (Å²) in [5.41, 5.74) is 2.18. The van der Waals surface area contributed by atoms with Gasteiger partial charge in [0.1, 0.15) is 0 Å². The Labute approximate surface area is 165 Å². The molecule has 0 bridgehead atoms. The van der Waals surface area contributed by atoms with E-state index < -0.39 is 5.97 Å². The molecule has 8 heteroatoms. The SMILES string of the molecule is COC(=O)c1cccc(C(=O)Nc2nc(-c3ccc(OC)c(OC)c3)cs2)c1. The van der Waals surface area contributed by atoms with E-state index in [9.17, 15) is 9.59 Å². The van der Waals surface area contributed by atoms with Crippen LogP contribution in [0.3, 0.4) is 0 Å². The minimum atomic E-state index is -0.500. The van der Waals surface area contributed by atoms with Gasteiger partial charge in [0.15, 0.2) is 16.6 Å². The van der Waals surface area contributed by atoms with Crippen molar-refractivity contribution in [1.82, 2.24) is 4.98 Å². The lowest BCUT2D eigenvalue weighted by molar-refractivity contribution is 0.0600. The highest BCUT2D eigenvalue weighted by Crippen LogP contribution is 2.33. The Kier molecular flexibility index (Phi) is 5.90. The molecule has 0 saturated carbocycles. The number of ether oxygens (including phenoxy) is 3. The second-order valence-corrected chi connectivity index (χ2v) is 6.49. The number of aromatic nitrogens is 1. The van der Waals surface area contributed by atoms with Crippen LogP contribution in [0, 0.1) is 0 Å². The number of esters is 1. The summed E-state index contributed by atoms with van der Waals surface area (Å²) in [6.07, 6.45) is 0. The highest BCUT2D eigenvalue weighted by molar-refractivity contribution is 7.14. The van der Waals surface area contributed by atoms with Crippen molar-refractivity contribution >= 4 is 28.3 Å². The summed E-state index contributed by atoms with van der Waals surface area (Å²) in [6, 6.07) is 11.8. The zero-order valence-corrected chi connectivity index (χ0v) is 16.3. The van der Waals surface area contributed by atoms with Gasteiger partial charge in [-0.15, -0.1) is 11.3 Å². The van der Waals surface area contributed by atoms with Crippen LogP contribution < -0.4 is 14.8 Å². The first-order valence-electron chi connectivity index (χ1n) is 8.23. The maximum absolute atomic E-state index is 12.5. The molecule has 3 aromatic rings. The maximum Gasteiger partial charge on any atom is 0.337 e. The average Bonchev–Trinajstić information content (AvgIpc) is 3.21. The van der Waals surface area contributed by atoms with Gasteiger partial charge in [0.2, 0.25) is 0 Å². The fourth-order valence-electron chi connectivity index (χ4n) is 2.53. The molecule has 2 aromatic carbocycles. The van der Waals surface area contributed by atoms with Gasteiger partial charge in [0, 0.05) is 16.5 Å². The van der Waals surface area contributed by atoms with Crippen LogP contribution in [0.4, 0.5) is 5.13 Å². The molecule has 0 fully saturated rings. The molecular formula is C20H18N2O5S. The van der Waals surface area contributed by atoms with Gasteiger partial charge < -0.3 is 14.2 Å². The Balaban J connectivity index is 1.78. The first-order valence-corrected chi connectivity index (χ1v) is 9.11. The van der Waals surface area contributed by atoms with E-state index in [1.165, 1.54) is 24.5 Å². The molecule has 28 heavy (non-hydrogen) atoms. The first-order chi connectivity index (χ1) is 13.5. The molecule has 0 radical (unpaired) electrons. The van der Waals surface area contributed by atoms with E-state index in [1.54, 1.807) is 38.5 Å². The highest BCUT2D eigenvalue weighted by Gasteiger charge is 2.14. The molecule has 144 valence electrons. The molecule has 1 aromatic heterocycles. The molecule has 0 atom stereocenters. The van der Waals surface area contributed by atoms with Crippen molar-refractivity contribution in [1.29, 1.82) is 0 Å². The average molecular weight is 398 g/mol. The van der Waals surface area contributed by atoms with E-state index >= 15 is 0 Å². The smallest absolute Gasteiger partial charge is 0.337 e. The molecule has 0 spiro atoms. The van der Waals surface area contributed by atoms with E-state index in [2.05, 4.69) is 15.0 Å². The van der Waals surface area contributed by atoms with Crippen molar-refractivity contribution < 1.29 is 23.8 Å². The molecule has 7 nitrogen and oxygen atoms in total. The largest absolute Gasteiger partial charge is 0.493 e. The predicted octanol–water partition coefficient (Wildman–Crippen LogP) is 3.87. The summed E-state index contributed by atoms with van der Waals surface area (Å²) in [6.45, 7) is 0. The Hall–Kier alpha value is -3.39. The van der Waals surface area contributed by atoms with Gasteiger partial charge >= 0.3 is 5.97 Å². The zero-order valence-electron chi connectivity index (χ0n) is 15.5. The predicted molar refractivity (Wildman–Crippen MR) is 106 cm³/mol. The van der Waals surface area contributed by atoms with Crippen molar-refractivity contribution in [3.05, 3.63) is 59.0 Å². The molecule has 0 aliphatic heterocycles. The molecule has 1 amide bonds. The van der Waals surface area contributed by atoms with E-state index in [1.807, 2.05) is 17.5 Å². The van der Waals surface area contributed by atoms with E-state index in [4.69, 9.17) is 9.47 Å². The number of thiazole rings is 1. The molecule has 0 saturated heterocycles. The number of hydrogen-bond donors (Lipinski definition) is 1. The molecule has 1 N–H and O–H groups in total. The standard InChI is InChI=1S/C20H18N2O5S/c1-25-16-8-7-12(10-17(16)26-2)15-11-28-20(21-15)22-18(23)13-5-4-6-14(9-13)19(24)27-3/h4-11H,1-3H3,(H,21,22,23). The first kappa shape index (κ1) is 19.4. The molecule has 0 aliphatic rings. The Morgan fingerprint density at radius 1 is 0.964 bits per heavy atom. The summed E-state index contributed by atoms with van der Waals surface area (Å²) < 4.78 is 15.2. The van der Waals surface area contributed by atoms with Gasteiger partial charge in [-0.05, 0) is 36.4 Å². The number of anilines is 1. The van der Waals surface area contributed by atoms with E-state index in [-0.39, 0.29) is 5.91 Å². The normalized spacial score (nSPS) is 10.2. The van der Waals surface area contributed by atoms with Gasteiger partial charge in [-0.1, -0.05) is 6.07 Å². The van der Waals surface area contributed by atoms with Crippen molar-refractivity contribution in [2.24, 2.45) is 0 Å². The molecule has 1 heterocycles. The van der Waals surface area contributed by atoms with Gasteiger partial charge in [-0.25, -0.2) is 9.78 Å². The van der Waals surface area contributed by atoms with E-state index in [0.717, 1.165) is 5.56 Å². The van der Waals surface area contributed by atoms with Crippen molar-refractivity contribution in [3.63, 3.8) is 0 Å². The third kappa shape index (κ3) is 4.12. The van der Waals surface area contributed by atoms with Crippen LogP contribution in [0.25, 0.3) is 11.3 Å². The molecule has 0 aliphatic carbocycles. The van der Waals surface area contributed by atoms with Crippen molar-refractivity contribution in [2.45, 2.75) is 0 Å². The molecule has 3 rings (SSSR count). The summed E-state index contributed by atoms with van der Waals surface area (Å²) in [4.78, 5) is 28.5. The van der Waals surface area contributed by atoms with Crippen LogP contribution in [0.1, 0.15) is 20.7 Å². The zero-order chi connectivity index (χ0) is 20.1. The van der Waals surface area contributed by atoms with Crippen LogP contribution in [0.2, 0.25) is 0 Å². The van der Waals surface area contributed by atoms with E-state index in [0.29, 0.717) is 33.5 Å². The highest BCUT2D eigenvalue weighted by atomic mass is 32.1. The third-order valence-electron chi connectivity index (χ3n) is 3.95. The van der Waals surface area contributed by atoms with Crippen LogP contribution in [-0.2, 0) is 4.74 Å². The monoisotopic (exact) mass is 398 g/mol. The third-order valence-corrected chi connectivity index (χ3v) is 4.71. The summed E-state index contributed by atoms with van der Waals surface area (Å²) in [5.74, 6) is 0.359. The summed E-state index contributed by atoms with van der Waals surface area (Å²) >= 11 is 1.30. The van der Waals surface area contributed by atoms with Crippen LogP contribution in [-0.4, -0.2) is 38.2 Å². The maximum atomic E-state index is 12.5. The number of benzene rings is 2. The lowest BCUT2D eigenvalue weighted by atomic mass is 10.1. The summed E-state index contributed by atoms with van der Waals surface area (Å²) in [5, 5.41) is 5.02. The minimum absolute atomic E-state index is 0.306. The lowest BCUT2D eigenvalue weighted by Crippen LogP contribution is -2.13. The molecular weight excluding hydrogens is 380 g/mol. The van der Waals surface area contributed by atoms with Gasteiger partial charge in [0.25, 0.3) is 5.91 Å². The summed E-state index contributed by atoms with van der Waals surface area (Å²) in [7, 11) is 4.43. The van der Waals surface area contributed by atoms with Crippen LogP contribution in [0.5, 0.6) is 11.5 Å². The second-order valence-electron chi connectivity index (χ2n) is 5.63. The number of rotatable bonds is 6. The number of carbonyl (C=O) groups excluding carboxylic acids is 2. The fraction of sp³-hybridized carbons (Fsp3) is 0.150. The van der Waals surface area contributed by atoms with Gasteiger partial charge in [0.05, 0.1) is 32.6 Å². The number of nitrogens with zero attached hydrogens (tertiary/aromatic N) is 1. The number of amides is 1. The number of nitrogens with one attached hydrogen (secondary N) is 1. The second kappa shape index (κ2) is 8.53. The molecule has 0 unspecified atom stereocenters. The fourth-order valence-corrected chi connectivity index (χ4v) is 3.25. The van der Waals surface area contributed by atoms with Crippen molar-refractivity contribution in [3.8, 4) is 22.8 Å². The number of carbonyl (C=O) groups is 2. The quantitative estimate of drug-likeness (QED) is 0.635.